The second-order valence-electron chi connectivity index (χ2n) is 5.21. The zero-order valence-corrected chi connectivity index (χ0v) is 12.4. The molecule has 0 aliphatic heterocycles. The Labute approximate surface area is 122 Å². The lowest BCUT2D eigenvalue weighted by Gasteiger charge is -2.07. The highest BCUT2D eigenvalue weighted by Gasteiger charge is 2.01. The molecule has 0 aliphatic rings. The highest BCUT2D eigenvalue weighted by Crippen LogP contribution is 2.14. The van der Waals surface area contributed by atoms with E-state index in [2.05, 4.69) is 12.2 Å². The van der Waals surface area contributed by atoms with Gasteiger partial charge in [-0.1, -0.05) is 51.9 Å². The van der Waals surface area contributed by atoms with Crippen molar-refractivity contribution in [2.24, 2.45) is 0 Å². The van der Waals surface area contributed by atoms with Crippen LogP contribution in [0.3, 0.4) is 0 Å². The van der Waals surface area contributed by atoms with E-state index in [1.54, 1.807) is 6.07 Å². The second-order valence-corrected chi connectivity index (χ2v) is 5.21. The van der Waals surface area contributed by atoms with Gasteiger partial charge in [0.1, 0.15) is 11.9 Å². The van der Waals surface area contributed by atoms with Crippen LogP contribution in [0.1, 0.15) is 63.9 Å². The van der Waals surface area contributed by atoms with Crippen LogP contribution < -0.4 is 5.32 Å². The monoisotopic (exact) mass is 276 g/mol. The van der Waals surface area contributed by atoms with Crippen LogP contribution in [-0.2, 0) is 0 Å². The number of hydrogen-bond acceptors (Lipinski definition) is 2. The molecule has 1 N–H and O–H groups in total. The fraction of sp³-hybridized carbons (Fsp3) is 0.588. The topological polar surface area (TPSA) is 35.8 Å². The van der Waals surface area contributed by atoms with Crippen LogP contribution in [0, 0.1) is 17.1 Å². The number of halogens is 1. The van der Waals surface area contributed by atoms with Gasteiger partial charge in [0.15, 0.2) is 0 Å². The van der Waals surface area contributed by atoms with Gasteiger partial charge >= 0.3 is 0 Å². The largest absolute Gasteiger partial charge is 0.385 e. The van der Waals surface area contributed by atoms with Crippen LogP contribution in [0.2, 0.25) is 0 Å². The van der Waals surface area contributed by atoms with E-state index in [0.29, 0.717) is 0 Å². The lowest BCUT2D eigenvalue weighted by molar-refractivity contribution is 0.581. The Morgan fingerprint density at radius 3 is 2.30 bits per heavy atom. The first kappa shape index (κ1) is 16.5. The molecule has 0 amide bonds. The zero-order chi connectivity index (χ0) is 14.6. The van der Waals surface area contributed by atoms with Crippen molar-refractivity contribution in [1.29, 1.82) is 5.26 Å². The van der Waals surface area contributed by atoms with Gasteiger partial charge in [0.2, 0.25) is 0 Å². The van der Waals surface area contributed by atoms with E-state index in [-0.39, 0.29) is 5.56 Å². The van der Waals surface area contributed by atoms with Gasteiger partial charge in [0.05, 0.1) is 5.56 Å². The quantitative estimate of drug-likeness (QED) is 0.592. The summed E-state index contributed by atoms with van der Waals surface area (Å²) >= 11 is 0. The first-order chi connectivity index (χ1) is 9.77. The number of unbranched alkanes of at least 4 members (excludes halogenated alkanes) is 7. The molecule has 0 spiro atoms. The second kappa shape index (κ2) is 10.3. The van der Waals surface area contributed by atoms with Crippen molar-refractivity contribution in [1.82, 2.24) is 0 Å². The summed E-state index contributed by atoms with van der Waals surface area (Å²) in [6.07, 6.45) is 10.3. The zero-order valence-electron chi connectivity index (χ0n) is 12.4. The molecule has 1 rings (SSSR count). The lowest BCUT2D eigenvalue weighted by Crippen LogP contribution is -2.02. The molecular weight excluding hydrogens is 251 g/mol. The van der Waals surface area contributed by atoms with Crippen molar-refractivity contribution >= 4 is 5.69 Å². The first-order valence-electron chi connectivity index (χ1n) is 7.71. The molecule has 20 heavy (non-hydrogen) atoms. The minimum absolute atomic E-state index is 0.0997. The van der Waals surface area contributed by atoms with E-state index in [1.807, 2.05) is 6.07 Å². The molecule has 1 aromatic carbocycles. The summed E-state index contributed by atoms with van der Waals surface area (Å²) in [6, 6.07) is 6.49. The molecule has 0 saturated heterocycles. The maximum atomic E-state index is 13.4. The Morgan fingerprint density at radius 1 is 1.05 bits per heavy atom. The highest BCUT2D eigenvalue weighted by molar-refractivity contribution is 5.47. The fourth-order valence-corrected chi connectivity index (χ4v) is 2.21. The average Bonchev–Trinajstić information content (AvgIpc) is 2.46. The summed E-state index contributed by atoms with van der Waals surface area (Å²) in [6.45, 7) is 3.10. The number of hydrogen-bond donors (Lipinski definition) is 1. The summed E-state index contributed by atoms with van der Waals surface area (Å²) in [4.78, 5) is 0. The molecule has 3 heteroatoms. The molecular formula is C17H25FN2. The van der Waals surface area contributed by atoms with Crippen LogP contribution in [-0.4, -0.2) is 6.54 Å². The van der Waals surface area contributed by atoms with Crippen molar-refractivity contribution < 1.29 is 4.39 Å². The van der Waals surface area contributed by atoms with Crippen molar-refractivity contribution in [3.63, 3.8) is 0 Å². The van der Waals surface area contributed by atoms with E-state index in [9.17, 15) is 4.39 Å². The standard InChI is InChI=1S/C17H25FN2/c1-2-3-4-5-6-7-8-9-12-20-16-11-10-15(14-19)17(18)13-16/h10-11,13,20H,2-9,12H2,1H3. The molecule has 0 fully saturated rings. The van der Waals surface area contributed by atoms with E-state index in [1.165, 1.54) is 57.1 Å². The molecule has 1 aromatic rings. The normalized spacial score (nSPS) is 10.2. The van der Waals surface area contributed by atoms with Gasteiger partial charge in [0.25, 0.3) is 0 Å². The van der Waals surface area contributed by atoms with E-state index < -0.39 is 5.82 Å². The van der Waals surface area contributed by atoms with Gasteiger partial charge in [-0.05, 0) is 24.6 Å². The van der Waals surface area contributed by atoms with Crippen LogP contribution >= 0.6 is 0 Å². The fourth-order valence-electron chi connectivity index (χ4n) is 2.21. The van der Waals surface area contributed by atoms with Crippen LogP contribution in [0.5, 0.6) is 0 Å². The Bertz CT molecular complexity index is 423. The molecule has 0 saturated carbocycles. The number of benzene rings is 1. The predicted octanol–water partition coefficient (Wildman–Crippen LogP) is 5.25. The third kappa shape index (κ3) is 6.56. The lowest BCUT2D eigenvalue weighted by atomic mass is 10.1. The Hall–Kier alpha value is -1.56. The molecule has 2 nitrogen and oxygen atoms in total. The smallest absolute Gasteiger partial charge is 0.143 e. The number of nitrogens with one attached hydrogen (secondary N) is 1. The van der Waals surface area contributed by atoms with E-state index >= 15 is 0 Å². The van der Waals surface area contributed by atoms with Crippen molar-refractivity contribution in [3.05, 3.63) is 29.6 Å². The average molecular weight is 276 g/mol. The maximum absolute atomic E-state index is 13.4. The molecule has 0 radical (unpaired) electrons. The Kier molecular flexibility index (Phi) is 8.46. The van der Waals surface area contributed by atoms with E-state index in [4.69, 9.17) is 5.26 Å². The maximum Gasteiger partial charge on any atom is 0.143 e. The highest BCUT2D eigenvalue weighted by atomic mass is 19.1. The molecule has 0 unspecified atom stereocenters. The third-order valence-electron chi connectivity index (χ3n) is 3.45. The van der Waals surface area contributed by atoms with Gasteiger partial charge in [-0.25, -0.2) is 4.39 Å². The molecule has 0 atom stereocenters. The number of anilines is 1. The minimum atomic E-state index is -0.451. The van der Waals surface area contributed by atoms with E-state index in [0.717, 1.165) is 18.7 Å². The molecule has 0 aliphatic carbocycles. The molecule has 0 aromatic heterocycles. The van der Waals surface area contributed by atoms with Crippen molar-refractivity contribution in [2.75, 3.05) is 11.9 Å². The number of nitriles is 1. The summed E-state index contributed by atoms with van der Waals surface area (Å²) in [7, 11) is 0. The summed E-state index contributed by atoms with van der Waals surface area (Å²) in [5.74, 6) is -0.451. The predicted molar refractivity (Wildman–Crippen MR) is 82.2 cm³/mol. The van der Waals surface area contributed by atoms with Crippen molar-refractivity contribution in [3.8, 4) is 6.07 Å². The van der Waals surface area contributed by atoms with Crippen LogP contribution in [0.25, 0.3) is 0 Å². The SMILES string of the molecule is CCCCCCCCCCNc1ccc(C#N)c(F)c1. The Balaban J connectivity index is 2.07. The van der Waals surface area contributed by atoms with Crippen LogP contribution in [0.15, 0.2) is 18.2 Å². The van der Waals surface area contributed by atoms with Crippen LogP contribution in [0.4, 0.5) is 10.1 Å². The molecule has 0 bridgehead atoms. The Morgan fingerprint density at radius 2 is 1.70 bits per heavy atom. The first-order valence-corrected chi connectivity index (χ1v) is 7.71. The number of rotatable bonds is 10. The third-order valence-corrected chi connectivity index (χ3v) is 3.45. The molecule has 110 valence electrons. The van der Waals surface area contributed by atoms with Gasteiger partial charge in [-0.2, -0.15) is 5.26 Å². The van der Waals surface area contributed by atoms with Gasteiger partial charge in [-0.15, -0.1) is 0 Å². The van der Waals surface area contributed by atoms with Gasteiger partial charge in [-0.3, -0.25) is 0 Å². The number of nitrogens with zero attached hydrogens (tertiary/aromatic N) is 1. The summed E-state index contributed by atoms with van der Waals surface area (Å²) in [5.41, 5.74) is 0.854. The molecule has 0 heterocycles. The van der Waals surface area contributed by atoms with Crippen molar-refractivity contribution in [2.45, 2.75) is 58.3 Å². The summed E-state index contributed by atoms with van der Waals surface area (Å²) < 4.78 is 13.4. The summed E-state index contributed by atoms with van der Waals surface area (Å²) in [5, 5.41) is 11.8. The van der Waals surface area contributed by atoms with Gasteiger partial charge in [0, 0.05) is 12.2 Å². The minimum Gasteiger partial charge on any atom is -0.385 e. The van der Waals surface area contributed by atoms with Gasteiger partial charge < -0.3 is 5.32 Å².